The molecule has 2 rings (SSSR count). The SMILES string of the molecule is Nc1[nH]ncc1CNc1nncs1. The number of H-pyrrole nitrogens is 1. The summed E-state index contributed by atoms with van der Waals surface area (Å²) < 4.78 is 0. The van der Waals surface area contributed by atoms with Gasteiger partial charge in [0.05, 0.1) is 6.20 Å². The van der Waals surface area contributed by atoms with E-state index in [2.05, 4.69) is 25.7 Å². The highest BCUT2D eigenvalue weighted by molar-refractivity contribution is 7.13. The third kappa shape index (κ3) is 1.75. The normalized spacial score (nSPS) is 10.2. The number of aromatic amines is 1. The van der Waals surface area contributed by atoms with E-state index >= 15 is 0 Å². The van der Waals surface area contributed by atoms with Crippen molar-refractivity contribution < 1.29 is 0 Å². The van der Waals surface area contributed by atoms with Crippen molar-refractivity contribution in [3.63, 3.8) is 0 Å². The van der Waals surface area contributed by atoms with E-state index in [0.717, 1.165) is 10.7 Å². The van der Waals surface area contributed by atoms with E-state index in [0.29, 0.717) is 12.4 Å². The third-order valence-corrected chi connectivity index (χ3v) is 2.19. The van der Waals surface area contributed by atoms with Crippen molar-refractivity contribution in [3.05, 3.63) is 17.3 Å². The Morgan fingerprint density at radius 1 is 1.62 bits per heavy atom. The number of aromatic nitrogens is 4. The standard InChI is InChI=1S/C6H8N6S/c7-5-4(2-9-11-5)1-8-6-12-10-3-13-6/h2-3H,1H2,(H,8,12)(H3,7,9,11). The summed E-state index contributed by atoms with van der Waals surface area (Å²) in [5.41, 5.74) is 8.18. The van der Waals surface area contributed by atoms with Gasteiger partial charge in [-0.2, -0.15) is 5.10 Å². The first kappa shape index (κ1) is 7.99. The fourth-order valence-corrected chi connectivity index (χ4v) is 1.33. The van der Waals surface area contributed by atoms with Crippen LogP contribution in [0.4, 0.5) is 10.9 Å². The monoisotopic (exact) mass is 196 g/mol. The van der Waals surface area contributed by atoms with Gasteiger partial charge in [-0.15, -0.1) is 10.2 Å². The van der Waals surface area contributed by atoms with E-state index in [9.17, 15) is 0 Å². The molecule has 0 aliphatic heterocycles. The molecule has 0 bridgehead atoms. The smallest absolute Gasteiger partial charge is 0.205 e. The number of nitrogens with zero attached hydrogens (tertiary/aromatic N) is 3. The van der Waals surface area contributed by atoms with Crippen LogP contribution in [-0.2, 0) is 6.54 Å². The predicted octanol–water partition coefficient (Wildman–Crippen LogP) is 0.455. The highest BCUT2D eigenvalue weighted by atomic mass is 32.1. The van der Waals surface area contributed by atoms with Crippen LogP contribution >= 0.6 is 11.3 Å². The maximum absolute atomic E-state index is 5.59. The van der Waals surface area contributed by atoms with Crippen molar-refractivity contribution in [1.29, 1.82) is 0 Å². The maximum Gasteiger partial charge on any atom is 0.205 e. The third-order valence-electron chi connectivity index (χ3n) is 1.54. The van der Waals surface area contributed by atoms with Gasteiger partial charge in [0.25, 0.3) is 0 Å². The Balaban J connectivity index is 1.97. The van der Waals surface area contributed by atoms with E-state index in [-0.39, 0.29) is 0 Å². The fourth-order valence-electron chi connectivity index (χ4n) is 0.883. The Kier molecular flexibility index (Phi) is 2.09. The van der Waals surface area contributed by atoms with Crippen LogP contribution < -0.4 is 11.1 Å². The Morgan fingerprint density at radius 3 is 3.15 bits per heavy atom. The van der Waals surface area contributed by atoms with Gasteiger partial charge >= 0.3 is 0 Å². The molecule has 0 aliphatic rings. The predicted molar refractivity (Wildman–Crippen MR) is 50.2 cm³/mol. The summed E-state index contributed by atoms with van der Waals surface area (Å²) in [7, 11) is 0. The van der Waals surface area contributed by atoms with Crippen molar-refractivity contribution in [2.45, 2.75) is 6.54 Å². The molecular formula is C6H8N6S. The molecular weight excluding hydrogens is 188 g/mol. The molecule has 0 radical (unpaired) electrons. The van der Waals surface area contributed by atoms with Gasteiger partial charge in [0, 0.05) is 12.1 Å². The molecule has 68 valence electrons. The number of hydrogen-bond acceptors (Lipinski definition) is 6. The van der Waals surface area contributed by atoms with Gasteiger partial charge in [0.1, 0.15) is 11.3 Å². The highest BCUT2D eigenvalue weighted by Crippen LogP contribution is 2.12. The molecule has 0 unspecified atom stereocenters. The lowest BCUT2D eigenvalue weighted by Gasteiger charge is -1.98. The molecule has 2 heterocycles. The molecule has 0 spiro atoms. The van der Waals surface area contributed by atoms with Crippen LogP contribution in [0.15, 0.2) is 11.7 Å². The van der Waals surface area contributed by atoms with Crippen LogP contribution in [0, 0.1) is 0 Å². The van der Waals surface area contributed by atoms with Crippen molar-refractivity contribution >= 4 is 22.3 Å². The Bertz CT molecular complexity index is 366. The lowest BCUT2D eigenvalue weighted by atomic mass is 10.3. The van der Waals surface area contributed by atoms with Gasteiger partial charge in [-0.25, -0.2) is 0 Å². The minimum atomic E-state index is 0.581. The van der Waals surface area contributed by atoms with Crippen molar-refractivity contribution in [1.82, 2.24) is 20.4 Å². The molecule has 2 aromatic heterocycles. The van der Waals surface area contributed by atoms with E-state index in [1.54, 1.807) is 11.7 Å². The summed E-state index contributed by atoms with van der Waals surface area (Å²) in [6.45, 7) is 0.609. The first-order valence-electron chi connectivity index (χ1n) is 3.64. The molecule has 0 saturated carbocycles. The minimum absolute atomic E-state index is 0.581. The largest absolute Gasteiger partial charge is 0.384 e. The number of hydrogen-bond donors (Lipinski definition) is 3. The Hall–Kier alpha value is -1.63. The van der Waals surface area contributed by atoms with Gasteiger partial charge in [-0.3, -0.25) is 5.10 Å². The van der Waals surface area contributed by atoms with Crippen molar-refractivity contribution in [2.75, 3.05) is 11.1 Å². The zero-order chi connectivity index (χ0) is 9.10. The van der Waals surface area contributed by atoms with E-state index < -0.39 is 0 Å². The average Bonchev–Trinajstić information content (AvgIpc) is 2.72. The Labute approximate surface area is 78.2 Å². The van der Waals surface area contributed by atoms with Gasteiger partial charge in [0.2, 0.25) is 5.13 Å². The molecule has 0 fully saturated rings. The van der Waals surface area contributed by atoms with Crippen LogP contribution in [0.2, 0.25) is 0 Å². The molecule has 4 N–H and O–H groups in total. The van der Waals surface area contributed by atoms with Crippen LogP contribution in [0.25, 0.3) is 0 Å². The second kappa shape index (κ2) is 3.40. The van der Waals surface area contributed by atoms with Gasteiger partial charge in [-0.05, 0) is 0 Å². The van der Waals surface area contributed by atoms with Crippen molar-refractivity contribution in [3.8, 4) is 0 Å². The maximum atomic E-state index is 5.59. The van der Waals surface area contributed by atoms with Gasteiger partial charge in [0.15, 0.2) is 0 Å². The van der Waals surface area contributed by atoms with Crippen LogP contribution in [0.3, 0.4) is 0 Å². The van der Waals surface area contributed by atoms with E-state index in [1.807, 2.05) is 0 Å². The fraction of sp³-hybridized carbons (Fsp3) is 0.167. The number of rotatable bonds is 3. The summed E-state index contributed by atoms with van der Waals surface area (Å²) in [5.74, 6) is 0.581. The van der Waals surface area contributed by atoms with Crippen LogP contribution in [0.1, 0.15) is 5.56 Å². The molecule has 7 heteroatoms. The molecule has 0 aromatic carbocycles. The van der Waals surface area contributed by atoms with Gasteiger partial charge in [-0.1, -0.05) is 11.3 Å². The first-order chi connectivity index (χ1) is 6.36. The minimum Gasteiger partial charge on any atom is -0.384 e. The summed E-state index contributed by atoms with van der Waals surface area (Å²) in [6.07, 6.45) is 1.68. The number of nitrogens with two attached hydrogens (primary N) is 1. The number of anilines is 2. The topological polar surface area (TPSA) is 92.5 Å². The number of nitrogen functional groups attached to an aromatic ring is 1. The zero-order valence-electron chi connectivity index (χ0n) is 6.69. The summed E-state index contributed by atoms with van der Waals surface area (Å²) in [5, 5.41) is 17.8. The first-order valence-corrected chi connectivity index (χ1v) is 4.52. The molecule has 6 nitrogen and oxygen atoms in total. The molecule has 2 aromatic rings. The van der Waals surface area contributed by atoms with Crippen LogP contribution in [0.5, 0.6) is 0 Å². The number of nitrogens with one attached hydrogen (secondary N) is 2. The van der Waals surface area contributed by atoms with Crippen LogP contribution in [-0.4, -0.2) is 20.4 Å². The van der Waals surface area contributed by atoms with Crippen molar-refractivity contribution in [2.24, 2.45) is 0 Å². The molecule has 0 saturated heterocycles. The molecule has 0 atom stereocenters. The average molecular weight is 196 g/mol. The molecule has 0 amide bonds. The summed E-state index contributed by atoms with van der Waals surface area (Å²) in [6, 6.07) is 0. The highest BCUT2D eigenvalue weighted by Gasteiger charge is 2.01. The lowest BCUT2D eigenvalue weighted by Crippen LogP contribution is -2.00. The summed E-state index contributed by atoms with van der Waals surface area (Å²) in [4.78, 5) is 0. The second-order valence-electron chi connectivity index (χ2n) is 2.41. The van der Waals surface area contributed by atoms with E-state index in [4.69, 9.17) is 5.73 Å². The summed E-state index contributed by atoms with van der Waals surface area (Å²) >= 11 is 1.45. The van der Waals surface area contributed by atoms with E-state index in [1.165, 1.54) is 11.3 Å². The zero-order valence-corrected chi connectivity index (χ0v) is 7.51. The quantitative estimate of drug-likeness (QED) is 0.663. The second-order valence-corrected chi connectivity index (χ2v) is 3.24. The molecule has 0 aliphatic carbocycles. The molecule has 13 heavy (non-hydrogen) atoms. The van der Waals surface area contributed by atoms with Gasteiger partial charge < -0.3 is 11.1 Å². The lowest BCUT2D eigenvalue weighted by molar-refractivity contribution is 1.05. The Morgan fingerprint density at radius 2 is 2.54 bits per heavy atom.